The van der Waals surface area contributed by atoms with E-state index in [4.69, 9.17) is 12.2 Å². The molecule has 0 bridgehead atoms. The van der Waals surface area contributed by atoms with Crippen LogP contribution in [0, 0.1) is 19.3 Å². The molecule has 0 amide bonds. The minimum atomic E-state index is 0.659. The Bertz CT molecular complexity index is 697. The molecular weight excluding hydrogens is 347 g/mol. The van der Waals surface area contributed by atoms with Gasteiger partial charge in [-0.15, -0.1) is 12.3 Å². The van der Waals surface area contributed by atoms with Gasteiger partial charge in [-0.05, 0) is 31.1 Å². The maximum absolute atomic E-state index is 5.97. The highest BCUT2D eigenvalue weighted by atomic mass is 127. The fraction of sp³-hybridized carbons (Fsp3) is 0.250. The van der Waals surface area contributed by atoms with Crippen molar-refractivity contribution in [2.24, 2.45) is 5.73 Å². The molecular formula is C16H17IN2. The van der Waals surface area contributed by atoms with Crippen molar-refractivity contribution in [3.63, 3.8) is 0 Å². The Kier molecular flexibility index (Phi) is 4.54. The molecule has 3 heteroatoms. The first-order valence-electron chi connectivity index (χ1n) is 6.21. The molecule has 1 aliphatic carbocycles. The Morgan fingerprint density at radius 2 is 2.32 bits per heavy atom. The van der Waals surface area contributed by atoms with Crippen LogP contribution in [0.5, 0.6) is 0 Å². The van der Waals surface area contributed by atoms with Crippen LogP contribution in [0.2, 0.25) is 0 Å². The third kappa shape index (κ3) is 2.79. The molecule has 1 aromatic heterocycles. The number of rotatable bonds is 3. The first-order chi connectivity index (χ1) is 9.19. The van der Waals surface area contributed by atoms with E-state index in [1.165, 1.54) is 21.8 Å². The fourth-order valence-electron chi connectivity index (χ4n) is 2.32. The zero-order chi connectivity index (χ0) is 13.8. The molecule has 0 aromatic carbocycles. The number of aromatic nitrogens is 1. The first-order valence-corrected chi connectivity index (χ1v) is 7.74. The second kappa shape index (κ2) is 6.16. The summed E-state index contributed by atoms with van der Waals surface area (Å²) in [6, 6.07) is 0. The van der Waals surface area contributed by atoms with E-state index in [1.807, 2.05) is 12.2 Å². The van der Waals surface area contributed by atoms with Crippen LogP contribution in [-0.4, -0.2) is 4.57 Å². The largest absolute Gasteiger partial charge is 0.399 e. The minimum absolute atomic E-state index is 0.659. The molecule has 1 heterocycles. The molecule has 0 radical (unpaired) electrons. The smallest absolute Gasteiger partial charge is 0.0748 e. The van der Waals surface area contributed by atoms with Crippen molar-refractivity contribution in [2.45, 2.75) is 24.3 Å². The average molecular weight is 364 g/mol. The van der Waals surface area contributed by atoms with Crippen LogP contribution in [0.25, 0.3) is 18.2 Å². The Morgan fingerprint density at radius 3 is 3.00 bits per heavy atom. The second-order valence-electron chi connectivity index (χ2n) is 4.46. The Balaban J connectivity index is 2.69. The van der Waals surface area contributed by atoms with Crippen molar-refractivity contribution in [1.29, 1.82) is 0 Å². The molecule has 1 aliphatic rings. The van der Waals surface area contributed by atoms with E-state index < -0.39 is 0 Å². The zero-order valence-electron chi connectivity index (χ0n) is 11.0. The highest BCUT2D eigenvalue weighted by Gasteiger charge is 2.09. The third-order valence-corrected chi connectivity index (χ3v) is 3.93. The van der Waals surface area contributed by atoms with Gasteiger partial charge in [0.05, 0.1) is 4.55 Å². The molecule has 0 unspecified atom stereocenters. The molecule has 0 saturated heterocycles. The maximum atomic E-state index is 5.97. The van der Waals surface area contributed by atoms with Crippen molar-refractivity contribution in [1.82, 2.24) is 4.57 Å². The number of nitrogens with two attached hydrogens (primary N) is 1. The number of nitrogens with zero attached hydrogens (tertiary/aromatic N) is 1. The number of allylic oxidation sites excluding steroid dienone is 3. The molecule has 98 valence electrons. The van der Waals surface area contributed by atoms with Crippen LogP contribution < -0.4 is 16.3 Å². The van der Waals surface area contributed by atoms with Crippen molar-refractivity contribution < 1.29 is 0 Å². The van der Waals surface area contributed by atoms with Gasteiger partial charge in [0.15, 0.2) is 0 Å². The number of alkyl halides is 1. The molecule has 2 N–H and O–H groups in total. The molecule has 0 spiro atoms. The quantitative estimate of drug-likeness (QED) is 0.497. The maximum Gasteiger partial charge on any atom is 0.0748 e. The topological polar surface area (TPSA) is 30.9 Å². The van der Waals surface area contributed by atoms with Crippen molar-refractivity contribution in [2.75, 3.05) is 0 Å². The molecule has 0 fully saturated rings. The van der Waals surface area contributed by atoms with E-state index in [9.17, 15) is 0 Å². The van der Waals surface area contributed by atoms with Gasteiger partial charge in [0.2, 0.25) is 0 Å². The van der Waals surface area contributed by atoms with Crippen LogP contribution in [0.3, 0.4) is 0 Å². The molecule has 1 aromatic rings. The lowest BCUT2D eigenvalue weighted by Gasteiger charge is -2.03. The fourth-order valence-corrected chi connectivity index (χ4v) is 3.06. The van der Waals surface area contributed by atoms with Crippen molar-refractivity contribution >= 4 is 40.8 Å². The van der Waals surface area contributed by atoms with E-state index >= 15 is 0 Å². The van der Waals surface area contributed by atoms with Gasteiger partial charge in [-0.3, -0.25) is 0 Å². The summed E-state index contributed by atoms with van der Waals surface area (Å²) >= 11 is 2.38. The summed E-state index contributed by atoms with van der Waals surface area (Å²) in [5.41, 5.74) is 9.28. The van der Waals surface area contributed by atoms with Crippen LogP contribution in [-0.2, 0) is 4.55 Å². The summed E-state index contributed by atoms with van der Waals surface area (Å²) in [6.07, 6.45) is 17.3. The van der Waals surface area contributed by atoms with E-state index in [0.29, 0.717) is 6.42 Å². The summed E-state index contributed by atoms with van der Waals surface area (Å²) in [6.45, 7) is 2.14. The molecule has 2 rings (SSSR count). The van der Waals surface area contributed by atoms with Crippen LogP contribution in [0.4, 0.5) is 0 Å². The monoisotopic (exact) mass is 364 g/mol. The SMILES string of the molecule is C#CC/C=C\c1c(C)c2c(n1CI)=CCC=C(N)C=2. The van der Waals surface area contributed by atoms with Gasteiger partial charge in [-0.25, -0.2) is 0 Å². The van der Waals surface area contributed by atoms with Gasteiger partial charge >= 0.3 is 0 Å². The van der Waals surface area contributed by atoms with Crippen LogP contribution in [0.15, 0.2) is 17.8 Å². The van der Waals surface area contributed by atoms with Gasteiger partial charge < -0.3 is 10.3 Å². The van der Waals surface area contributed by atoms with Crippen LogP contribution >= 0.6 is 22.6 Å². The molecule has 0 atom stereocenters. The predicted molar refractivity (Wildman–Crippen MR) is 90.7 cm³/mol. The van der Waals surface area contributed by atoms with Crippen molar-refractivity contribution in [3.05, 3.63) is 39.7 Å². The first kappa shape index (κ1) is 14.0. The number of hydrogen-bond donors (Lipinski definition) is 1. The molecule has 0 aliphatic heterocycles. The summed E-state index contributed by atoms with van der Waals surface area (Å²) in [4.78, 5) is 0. The van der Waals surface area contributed by atoms with Gasteiger partial charge in [0, 0.05) is 28.4 Å². The number of hydrogen-bond acceptors (Lipinski definition) is 1. The minimum Gasteiger partial charge on any atom is -0.399 e. The highest BCUT2D eigenvalue weighted by molar-refractivity contribution is 14.1. The summed E-state index contributed by atoms with van der Waals surface area (Å²) in [5, 5.41) is 2.48. The Morgan fingerprint density at radius 1 is 1.53 bits per heavy atom. The Hall–Kier alpha value is -1.41. The van der Waals surface area contributed by atoms with E-state index in [1.54, 1.807) is 0 Å². The lowest BCUT2D eigenvalue weighted by Crippen LogP contribution is -2.29. The van der Waals surface area contributed by atoms with E-state index in [0.717, 1.165) is 16.7 Å². The Labute approximate surface area is 127 Å². The molecule has 19 heavy (non-hydrogen) atoms. The van der Waals surface area contributed by atoms with Crippen LogP contribution in [0.1, 0.15) is 24.1 Å². The van der Waals surface area contributed by atoms with Crippen molar-refractivity contribution in [3.8, 4) is 12.3 Å². The van der Waals surface area contributed by atoms with E-state index in [2.05, 4.69) is 58.2 Å². The number of fused-ring (bicyclic) bond motifs is 1. The number of terminal acetylenes is 1. The van der Waals surface area contributed by atoms with Gasteiger partial charge in [0.1, 0.15) is 0 Å². The predicted octanol–water partition coefficient (Wildman–Crippen LogP) is 2.03. The lowest BCUT2D eigenvalue weighted by molar-refractivity contribution is 0.873. The third-order valence-electron chi connectivity index (χ3n) is 3.25. The lowest BCUT2D eigenvalue weighted by atomic mass is 10.2. The second-order valence-corrected chi connectivity index (χ2v) is 5.14. The summed E-state index contributed by atoms with van der Waals surface area (Å²) in [7, 11) is 0. The standard InChI is InChI=1S/C16H17IN2/c1-3-4-5-8-15-12(2)14-10-13(18)7-6-9-16(14)19(15)11-17/h1,5,7-10H,4,6,11,18H2,2H3/b8-5-. The molecule has 2 nitrogen and oxygen atoms in total. The van der Waals surface area contributed by atoms with Gasteiger partial charge in [-0.2, -0.15) is 0 Å². The van der Waals surface area contributed by atoms with Gasteiger partial charge in [-0.1, -0.05) is 40.8 Å². The average Bonchev–Trinajstić information content (AvgIpc) is 2.54. The normalized spacial score (nSPS) is 14.1. The number of halogens is 1. The summed E-state index contributed by atoms with van der Waals surface area (Å²) in [5.74, 6) is 2.63. The highest BCUT2D eigenvalue weighted by Crippen LogP contribution is 2.09. The zero-order valence-corrected chi connectivity index (χ0v) is 13.1. The van der Waals surface area contributed by atoms with Gasteiger partial charge in [0.25, 0.3) is 0 Å². The van der Waals surface area contributed by atoms with E-state index in [-0.39, 0.29) is 0 Å². The molecule has 0 saturated carbocycles. The summed E-state index contributed by atoms with van der Waals surface area (Å²) < 4.78 is 3.22.